The van der Waals surface area contributed by atoms with Crippen LogP contribution in [0.2, 0.25) is 0 Å². The van der Waals surface area contributed by atoms with Crippen molar-refractivity contribution in [2.75, 3.05) is 18.5 Å². The number of hydrogen-bond acceptors (Lipinski definition) is 4. The van der Waals surface area contributed by atoms with Crippen LogP contribution < -0.4 is 4.90 Å². The lowest BCUT2D eigenvalue weighted by Crippen LogP contribution is -2.28. The number of hydrogen-bond donors (Lipinski definition) is 1. The van der Waals surface area contributed by atoms with Crippen LogP contribution in [0, 0.1) is 17.8 Å². The van der Waals surface area contributed by atoms with Gasteiger partial charge in [-0.1, -0.05) is 6.42 Å². The first-order chi connectivity index (χ1) is 8.63. The third kappa shape index (κ3) is 2.11. The molecule has 2 aliphatic carbocycles. The van der Waals surface area contributed by atoms with Crippen molar-refractivity contribution < 1.29 is 9.90 Å². The summed E-state index contributed by atoms with van der Waals surface area (Å²) in [5.74, 6) is 1.70. The summed E-state index contributed by atoms with van der Waals surface area (Å²) in [4.78, 5) is 17.1. The molecule has 5 heteroatoms. The highest BCUT2D eigenvalue weighted by molar-refractivity contribution is 7.13. The molecule has 3 rings (SSSR count). The van der Waals surface area contributed by atoms with Crippen molar-refractivity contribution in [3.63, 3.8) is 0 Å². The van der Waals surface area contributed by atoms with E-state index in [1.807, 2.05) is 7.05 Å². The average molecular weight is 266 g/mol. The molecule has 0 aliphatic heterocycles. The molecule has 0 radical (unpaired) electrons. The van der Waals surface area contributed by atoms with E-state index in [9.17, 15) is 4.79 Å². The molecule has 0 spiro atoms. The topological polar surface area (TPSA) is 53.4 Å². The molecule has 18 heavy (non-hydrogen) atoms. The lowest BCUT2D eigenvalue weighted by molar-refractivity contribution is 0.0691. The van der Waals surface area contributed by atoms with Crippen molar-refractivity contribution in [3.05, 3.63) is 11.1 Å². The zero-order valence-corrected chi connectivity index (χ0v) is 11.3. The molecule has 1 N–H and O–H groups in total. The van der Waals surface area contributed by atoms with E-state index in [2.05, 4.69) is 9.88 Å². The zero-order chi connectivity index (χ0) is 12.7. The van der Waals surface area contributed by atoms with Crippen LogP contribution in [0.25, 0.3) is 0 Å². The number of rotatable bonds is 4. The van der Waals surface area contributed by atoms with Gasteiger partial charge in [-0.05, 0) is 37.0 Å². The Kier molecular flexibility index (Phi) is 3.01. The summed E-state index contributed by atoms with van der Waals surface area (Å²) >= 11 is 1.42. The van der Waals surface area contributed by atoms with E-state index in [0.717, 1.165) is 29.4 Å². The number of carbonyl (C=O) groups is 1. The van der Waals surface area contributed by atoms with Gasteiger partial charge in [0.2, 0.25) is 0 Å². The fourth-order valence-corrected chi connectivity index (χ4v) is 4.34. The minimum atomic E-state index is -0.939. The molecule has 0 saturated heterocycles. The minimum absolute atomic E-state index is 0.162. The Hall–Kier alpha value is -1.10. The molecule has 1 heterocycles. The highest BCUT2D eigenvalue weighted by Crippen LogP contribution is 2.48. The van der Waals surface area contributed by atoms with E-state index >= 15 is 0 Å². The Morgan fingerprint density at radius 2 is 2.39 bits per heavy atom. The average Bonchev–Trinajstić information content (AvgIpc) is 3.04. The van der Waals surface area contributed by atoms with E-state index in [0.29, 0.717) is 0 Å². The van der Waals surface area contributed by atoms with Gasteiger partial charge in [-0.15, -0.1) is 11.3 Å². The second-order valence-electron chi connectivity index (χ2n) is 5.64. The molecule has 0 amide bonds. The Bertz CT molecular complexity index is 460. The summed E-state index contributed by atoms with van der Waals surface area (Å²) in [7, 11) is 2.02. The Morgan fingerprint density at radius 1 is 1.56 bits per heavy atom. The Labute approximate surface area is 111 Å². The van der Waals surface area contributed by atoms with Gasteiger partial charge in [-0.2, -0.15) is 0 Å². The van der Waals surface area contributed by atoms with Gasteiger partial charge in [0.25, 0.3) is 0 Å². The Morgan fingerprint density at radius 3 is 2.94 bits per heavy atom. The second-order valence-corrected chi connectivity index (χ2v) is 6.47. The highest BCUT2D eigenvalue weighted by Gasteiger charge is 2.39. The third-order valence-electron chi connectivity index (χ3n) is 4.43. The number of thiazole rings is 1. The Balaban J connectivity index is 1.63. The fraction of sp³-hybridized carbons (Fsp3) is 0.692. The summed E-state index contributed by atoms with van der Waals surface area (Å²) in [6.45, 7) is 1.02. The molecular formula is C13H18N2O2S. The van der Waals surface area contributed by atoms with Crippen molar-refractivity contribution in [1.29, 1.82) is 0 Å². The maximum absolute atomic E-state index is 10.8. The van der Waals surface area contributed by atoms with Crippen molar-refractivity contribution >= 4 is 22.4 Å². The number of carboxylic acids is 1. The van der Waals surface area contributed by atoms with Crippen LogP contribution in [0.3, 0.4) is 0 Å². The smallest absolute Gasteiger partial charge is 0.355 e. The number of carboxylic acid groups (broad SMARTS) is 1. The standard InChI is InChI=1S/C13H18N2O2S/c1-15(13-14-11(7-18-13)12(16)17)6-10-5-8-2-3-9(10)4-8/h7-10H,2-6H2,1H3,(H,16,17). The van der Waals surface area contributed by atoms with E-state index in [4.69, 9.17) is 5.11 Å². The fourth-order valence-electron chi connectivity index (χ4n) is 3.57. The quantitative estimate of drug-likeness (QED) is 0.910. The minimum Gasteiger partial charge on any atom is -0.476 e. The summed E-state index contributed by atoms with van der Waals surface area (Å²) in [6, 6.07) is 0. The summed E-state index contributed by atoms with van der Waals surface area (Å²) in [5, 5.41) is 11.3. The molecule has 1 aromatic heterocycles. The number of aromatic nitrogens is 1. The number of aromatic carboxylic acids is 1. The molecule has 98 valence electrons. The second kappa shape index (κ2) is 4.53. The van der Waals surface area contributed by atoms with Gasteiger partial charge in [-0.25, -0.2) is 9.78 Å². The molecule has 2 fully saturated rings. The SMILES string of the molecule is CN(CC1CC2CCC1C2)c1nc(C(=O)O)cs1. The summed E-state index contributed by atoms with van der Waals surface area (Å²) in [6.07, 6.45) is 5.58. The molecule has 0 aromatic carbocycles. The molecule has 2 bridgehead atoms. The lowest BCUT2D eigenvalue weighted by atomic mass is 9.88. The summed E-state index contributed by atoms with van der Waals surface area (Å²) in [5.41, 5.74) is 0.162. The molecule has 4 nitrogen and oxygen atoms in total. The molecule has 3 atom stereocenters. The van der Waals surface area contributed by atoms with Crippen LogP contribution in [0.4, 0.5) is 5.13 Å². The molecular weight excluding hydrogens is 248 g/mol. The van der Waals surface area contributed by atoms with Gasteiger partial charge >= 0.3 is 5.97 Å². The van der Waals surface area contributed by atoms with Crippen LogP contribution in [0.1, 0.15) is 36.2 Å². The van der Waals surface area contributed by atoms with E-state index < -0.39 is 5.97 Å². The van der Waals surface area contributed by atoms with Crippen LogP contribution in [-0.2, 0) is 0 Å². The maximum atomic E-state index is 10.8. The predicted molar refractivity (Wildman–Crippen MR) is 71.3 cm³/mol. The van der Waals surface area contributed by atoms with Crippen LogP contribution in [-0.4, -0.2) is 29.7 Å². The van der Waals surface area contributed by atoms with Crippen molar-refractivity contribution in [3.8, 4) is 0 Å². The zero-order valence-electron chi connectivity index (χ0n) is 10.5. The molecule has 3 unspecified atom stereocenters. The number of anilines is 1. The monoisotopic (exact) mass is 266 g/mol. The molecule has 2 aliphatic rings. The maximum Gasteiger partial charge on any atom is 0.355 e. The molecule has 1 aromatic rings. The van der Waals surface area contributed by atoms with E-state index in [-0.39, 0.29) is 5.69 Å². The van der Waals surface area contributed by atoms with Gasteiger partial charge in [0.15, 0.2) is 10.8 Å². The van der Waals surface area contributed by atoms with E-state index in [1.54, 1.807) is 5.38 Å². The normalized spacial score (nSPS) is 29.7. The first-order valence-corrected chi connectivity index (χ1v) is 7.41. The first-order valence-electron chi connectivity index (χ1n) is 6.53. The number of nitrogens with zero attached hydrogens (tertiary/aromatic N) is 2. The summed E-state index contributed by atoms with van der Waals surface area (Å²) < 4.78 is 0. The van der Waals surface area contributed by atoms with Gasteiger partial charge in [0, 0.05) is 19.0 Å². The van der Waals surface area contributed by atoms with Crippen molar-refractivity contribution in [2.24, 2.45) is 17.8 Å². The van der Waals surface area contributed by atoms with E-state index in [1.165, 1.54) is 37.0 Å². The van der Waals surface area contributed by atoms with Gasteiger partial charge < -0.3 is 10.0 Å². The van der Waals surface area contributed by atoms with Crippen LogP contribution in [0.15, 0.2) is 5.38 Å². The van der Waals surface area contributed by atoms with Gasteiger partial charge in [-0.3, -0.25) is 0 Å². The third-order valence-corrected chi connectivity index (χ3v) is 5.39. The van der Waals surface area contributed by atoms with Gasteiger partial charge in [0.1, 0.15) is 0 Å². The van der Waals surface area contributed by atoms with Crippen LogP contribution in [0.5, 0.6) is 0 Å². The largest absolute Gasteiger partial charge is 0.476 e. The first kappa shape index (κ1) is 12.0. The molecule has 2 saturated carbocycles. The predicted octanol–water partition coefficient (Wildman–Crippen LogP) is 2.71. The van der Waals surface area contributed by atoms with Crippen molar-refractivity contribution in [1.82, 2.24) is 4.98 Å². The van der Waals surface area contributed by atoms with Crippen molar-refractivity contribution in [2.45, 2.75) is 25.7 Å². The van der Waals surface area contributed by atoms with Gasteiger partial charge in [0.05, 0.1) is 0 Å². The highest BCUT2D eigenvalue weighted by atomic mass is 32.1. The van der Waals surface area contributed by atoms with Crippen LogP contribution >= 0.6 is 11.3 Å². The number of fused-ring (bicyclic) bond motifs is 2. The lowest BCUT2D eigenvalue weighted by Gasteiger charge is -2.26.